The fourth-order valence-corrected chi connectivity index (χ4v) is 4.02. The zero-order valence-electron chi connectivity index (χ0n) is 20.2. The first kappa shape index (κ1) is 29.6. The van der Waals surface area contributed by atoms with Crippen LogP contribution in [0.15, 0.2) is 24.7 Å². The molecule has 33 heavy (non-hydrogen) atoms. The number of aromatic amines is 1. The number of hydrogen-bond donors (Lipinski definition) is 4. The summed E-state index contributed by atoms with van der Waals surface area (Å²) in [6.07, 6.45) is 24.2. The molecule has 1 aromatic rings. The van der Waals surface area contributed by atoms with E-state index in [1.165, 1.54) is 64.1 Å². The molecular formula is C24H44N3O5P. The molecule has 0 spiro atoms. The Morgan fingerprint density at radius 2 is 1.67 bits per heavy atom. The second kappa shape index (κ2) is 18.9. The quantitative estimate of drug-likeness (QED) is 0.102. The lowest BCUT2D eigenvalue weighted by molar-refractivity contribution is -0.122. The number of nitrogens with zero attached hydrogens (tertiary/aromatic N) is 1. The van der Waals surface area contributed by atoms with Gasteiger partial charge in [-0.2, -0.15) is 0 Å². The number of allylic oxidation sites excluding steroid dienone is 2. The molecule has 0 saturated heterocycles. The monoisotopic (exact) mass is 485 g/mol. The van der Waals surface area contributed by atoms with Crippen molar-refractivity contribution in [3.05, 3.63) is 30.4 Å². The molecule has 0 aliphatic heterocycles. The minimum atomic E-state index is -4.59. The molecule has 0 fully saturated rings. The molecule has 8 nitrogen and oxygen atoms in total. The van der Waals surface area contributed by atoms with Crippen LogP contribution >= 0.6 is 7.82 Å². The van der Waals surface area contributed by atoms with E-state index in [2.05, 4.69) is 38.9 Å². The van der Waals surface area contributed by atoms with Crippen molar-refractivity contribution in [3.63, 3.8) is 0 Å². The van der Waals surface area contributed by atoms with Gasteiger partial charge in [-0.1, -0.05) is 70.4 Å². The van der Waals surface area contributed by atoms with E-state index in [-0.39, 0.29) is 12.5 Å². The Morgan fingerprint density at radius 1 is 1.06 bits per heavy atom. The number of aromatic nitrogens is 2. The summed E-state index contributed by atoms with van der Waals surface area (Å²) in [5.74, 6) is -0.137. The average molecular weight is 486 g/mol. The molecule has 0 saturated carbocycles. The van der Waals surface area contributed by atoms with Gasteiger partial charge < -0.3 is 20.1 Å². The Hall–Kier alpha value is -1.47. The van der Waals surface area contributed by atoms with Crippen molar-refractivity contribution in [2.24, 2.45) is 0 Å². The number of imidazole rings is 1. The average Bonchev–Trinajstić information content (AvgIpc) is 3.27. The number of nitrogens with one attached hydrogen (secondary N) is 2. The van der Waals surface area contributed by atoms with Crippen LogP contribution in [0.3, 0.4) is 0 Å². The third-order valence-electron chi connectivity index (χ3n) is 5.49. The van der Waals surface area contributed by atoms with Crippen LogP contribution in [0.2, 0.25) is 0 Å². The number of hydrogen-bond acceptors (Lipinski definition) is 4. The number of unbranched alkanes of at least 4 members (excludes halogenated alkanes) is 11. The highest BCUT2D eigenvalue weighted by molar-refractivity contribution is 7.46. The number of carbonyl (C=O) groups excluding carboxylic acids is 1. The minimum absolute atomic E-state index is 0.137. The van der Waals surface area contributed by atoms with Gasteiger partial charge in [-0.25, -0.2) is 9.55 Å². The number of phosphoric ester groups is 1. The number of carbonyl (C=O) groups is 1. The number of H-pyrrole nitrogens is 1. The van der Waals surface area contributed by atoms with Crippen molar-refractivity contribution < 1.29 is 23.7 Å². The minimum Gasteiger partial charge on any atom is -0.351 e. The van der Waals surface area contributed by atoms with Crippen LogP contribution in [0, 0.1) is 0 Å². The summed E-state index contributed by atoms with van der Waals surface area (Å²) < 4.78 is 15.6. The van der Waals surface area contributed by atoms with Crippen molar-refractivity contribution in [2.45, 2.75) is 109 Å². The van der Waals surface area contributed by atoms with E-state index in [0.717, 1.165) is 25.7 Å². The molecule has 1 heterocycles. The van der Waals surface area contributed by atoms with Crippen LogP contribution in [-0.2, 0) is 20.3 Å². The van der Waals surface area contributed by atoms with E-state index in [1.54, 1.807) is 6.20 Å². The van der Waals surface area contributed by atoms with E-state index in [9.17, 15) is 9.36 Å². The Kier molecular flexibility index (Phi) is 16.9. The summed E-state index contributed by atoms with van der Waals surface area (Å²) in [4.78, 5) is 37.0. The van der Waals surface area contributed by atoms with Crippen molar-refractivity contribution in [2.75, 3.05) is 6.61 Å². The molecule has 1 amide bonds. The molecule has 1 atom stereocenters. The molecule has 0 aliphatic carbocycles. The molecule has 0 aliphatic rings. The summed E-state index contributed by atoms with van der Waals surface area (Å²) >= 11 is 0. The van der Waals surface area contributed by atoms with Gasteiger partial charge in [0.2, 0.25) is 5.91 Å². The van der Waals surface area contributed by atoms with Crippen molar-refractivity contribution in [3.8, 4) is 0 Å². The fourth-order valence-electron chi connectivity index (χ4n) is 3.65. The highest BCUT2D eigenvalue weighted by Crippen LogP contribution is 2.35. The van der Waals surface area contributed by atoms with Crippen LogP contribution in [-0.4, -0.2) is 38.3 Å². The molecular weight excluding hydrogens is 441 g/mol. The predicted molar refractivity (Wildman–Crippen MR) is 132 cm³/mol. The SMILES string of the molecule is CCCCCCCC/C=C\CCCCCCCC(=O)N[C@@H](COP(=O)(O)O)Cc1c[nH]cn1. The first-order valence-corrected chi connectivity index (χ1v) is 14.1. The van der Waals surface area contributed by atoms with E-state index in [4.69, 9.17) is 9.79 Å². The van der Waals surface area contributed by atoms with Crippen LogP contribution in [0.1, 0.15) is 103 Å². The third-order valence-corrected chi connectivity index (χ3v) is 5.97. The lowest BCUT2D eigenvalue weighted by atomic mass is 10.1. The lowest BCUT2D eigenvalue weighted by Crippen LogP contribution is -2.39. The summed E-state index contributed by atoms with van der Waals surface area (Å²) in [5.41, 5.74) is 0.690. The van der Waals surface area contributed by atoms with E-state index in [1.807, 2.05) is 0 Å². The Bertz CT molecular complexity index is 676. The molecule has 1 aromatic heterocycles. The first-order chi connectivity index (χ1) is 15.9. The second-order valence-electron chi connectivity index (χ2n) is 8.65. The molecule has 4 N–H and O–H groups in total. The highest BCUT2D eigenvalue weighted by atomic mass is 31.2. The number of amides is 1. The maximum Gasteiger partial charge on any atom is 0.469 e. The molecule has 0 bridgehead atoms. The van der Waals surface area contributed by atoms with Gasteiger partial charge in [0.25, 0.3) is 0 Å². The van der Waals surface area contributed by atoms with Gasteiger partial charge in [0.1, 0.15) is 0 Å². The van der Waals surface area contributed by atoms with Crippen molar-refractivity contribution >= 4 is 13.7 Å². The topological polar surface area (TPSA) is 125 Å². The Morgan fingerprint density at radius 3 is 2.24 bits per heavy atom. The lowest BCUT2D eigenvalue weighted by Gasteiger charge is -2.18. The standard InChI is InChI=1S/C24H44N3O5P/c1-2-3-4-5-6-7-8-9-10-11-12-13-14-15-16-17-24(28)27-23(20-32-33(29,30)31)18-22-19-25-21-26-22/h9-10,19,21,23H,2-8,11-18,20H2,1H3,(H,25,26)(H,27,28)(H2,29,30,31)/b10-9-/t23-/m1/s1. The van der Waals surface area contributed by atoms with Gasteiger partial charge in [-0.05, 0) is 32.1 Å². The van der Waals surface area contributed by atoms with Gasteiger partial charge in [0.15, 0.2) is 0 Å². The Balaban J connectivity index is 2.06. The van der Waals surface area contributed by atoms with Gasteiger partial charge >= 0.3 is 7.82 Å². The summed E-state index contributed by atoms with van der Waals surface area (Å²) in [6, 6.07) is -0.545. The molecule has 0 unspecified atom stereocenters. The second-order valence-corrected chi connectivity index (χ2v) is 9.89. The third kappa shape index (κ3) is 18.6. The predicted octanol–water partition coefficient (Wildman–Crippen LogP) is 5.58. The highest BCUT2D eigenvalue weighted by Gasteiger charge is 2.20. The molecule has 1 rings (SSSR count). The number of rotatable bonds is 21. The molecule has 0 aromatic carbocycles. The van der Waals surface area contributed by atoms with Crippen molar-refractivity contribution in [1.29, 1.82) is 0 Å². The number of phosphoric acid groups is 1. The van der Waals surface area contributed by atoms with Gasteiger partial charge in [-0.3, -0.25) is 9.32 Å². The maximum absolute atomic E-state index is 12.2. The Labute approximate surface area is 199 Å². The van der Waals surface area contributed by atoms with Crippen LogP contribution in [0.25, 0.3) is 0 Å². The largest absolute Gasteiger partial charge is 0.469 e. The maximum atomic E-state index is 12.2. The van der Waals surface area contributed by atoms with Crippen LogP contribution in [0.4, 0.5) is 0 Å². The van der Waals surface area contributed by atoms with Gasteiger partial charge in [-0.15, -0.1) is 0 Å². The smallest absolute Gasteiger partial charge is 0.351 e. The molecule has 0 radical (unpaired) electrons. The normalized spacial score (nSPS) is 12.9. The summed E-state index contributed by atoms with van der Waals surface area (Å²) in [6.45, 7) is 1.98. The zero-order valence-corrected chi connectivity index (χ0v) is 21.1. The van der Waals surface area contributed by atoms with Crippen molar-refractivity contribution in [1.82, 2.24) is 15.3 Å². The summed E-state index contributed by atoms with van der Waals surface area (Å²) in [7, 11) is -4.59. The van der Waals surface area contributed by atoms with Gasteiger partial charge in [0.05, 0.1) is 24.7 Å². The molecule has 190 valence electrons. The van der Waals surface area contributed by atoms with E-state index >= 15 is 0 Å². The zero-order chi connectivity index (χ0) is 24.2. The van der Waals surface area contributed by atoms with E-state index < -0.39 is 13.9 Å². The fraction of sp³-hybridized carbons (Fsp3) is 0.750. The van der Waals surface area contributed by atoms with Crippen LogP contribution in [0.5, 0.6) is 0 Å². The van der Waals surface area contributed by atoms with Crippen LogP contribution < -0.4 is 5.32 Å². The van der Waals surface area contributed by atoms with Gasteiger partial charge in [0, 0.05) is 19.0 Å². The summed E-state index contributed by atoms with van der Waals surface area (Å²) in [5, 5.41) is 2.81. The molecule has 9 heteroatoms. The first-order valence-electron chi connectivity index (χ1n) is 12.5. The van der Waals surface area contributed by atoms with E-state index in [0.29, 0.717) is 18.5 Å².